The monoisotopic (exact) mass is 137 g/mol. The number of rotatable bonds is 1. The molecular weight excluding hydrogens is 121 g/mol. The van der Waals surface area contributed by atoms with Gasteiger partial charge in [-0.05, 0) is 37.8 Å². The van der Waals surface area contributed by atoms with Gasteiger partial charge in [0.15, 0.2) is 7.98 Å². The molecule has 1 aliphatic heterocycles. The molecule has 56 valence electrons. The van der Waals surface area contributed by atoms with Gasteiger partial charge in [-0.3, -0.25) is 0 Å². The summed E-state index contributed by atoms with van der Waals surface area (Å²) in [6.45, 7) is 6.78. The standard InChI is InChI=1S/C8H16BN/c1-7(2)8-3-5-10(9)6-4-8/h7-8H,3-6H2,1-2H3. The first-order chi connectivity index (χ1) is 4.70. The van der Waals surface area contributed by atoms with E-state index in [0.29, 0.717) is 0 Å². The molecule has 1 heterocycles. The first kappa shape index (κ1) is 8.12. The van der Waals surface area contributed by atoms with E-state index in [2.05, 4.69) is 13.8 Å². The maximum atomic E-state index is 5.63. The van der Waals surface area contributed by atoms with Crippen molar-refractivity contribution in [3.05, 3.63) is 0 Å². The third-order valence-electron chi connectivity index (χ3n) is 2.52. The number of piperidine rings is 1. The zero-order valence-electron chi connectivity index (χ0n) is 7.01. The van der Waals surface area contributed by atoms with E-state index >= 15 is 0 Å². The normalized spacial score (nSPS) is 23.9. The first-order valence-corrected chi connectivity index (χ1v) is 4.20. The fourth-order valence-electron chi connectivity index (χ4n) is 1.59. The summed E-state index contributed by atoms with van der Waals surface area (Å²) in [4.78, 5) is 1.93. The maximum absolute atomic E-state index is 5.63. The Morgan fingerprint density at radius 3 is 2.20 bits per heavy atom. The van der Waals surface area contributed by atoms with Crippen LogP contribution >= 0.6 is 0 Å². The molecule has 0 unspecified atom stereocenters. The van der Waals surface area contributed by atoms with Crippen LogP contribution in [0.4, 0.5) is 0 Å². The summed E-state index contributed by atoms with van der Waals surface area (Å²) in [5.74, 6) is 1.76. The highest BCUT2D eigenvalue weighted by Gasteiger charge is 2.18. The van der Waals surface area contributed by atoms with Crippen LogP contribution in [-0.2, 0) is 0 Å². The van der Waals surface area contributed by atoms with Crippen molar-refractivity contribution in [2.24, 2.45) is 11.8 Å². The molecule has 0 atom stereocenters. The Balaban J connectivity index is 2.26. The van der Waals surface area contributed by atoms with Crippen molar-refractivity contribution in [2.45, 2.75) is 26.7 Å². The number of hydrogen-bond donors (Lipinski definition) is 0. The van der Waals surface area contributed by atoms with Gasteiger partial charge >= 0.3 is 0 Å². The Labute approximate surface area is 65.2 Å². The van der Waals surface area contributed by atoms with E-state index in [9.17, 15) is 0 Å². The fourth-order valence-corrected chi connectivity index (χ4v) is 1.59. The minimum Gasteiger partial charge on any atom is -0.353 e. The van der Waals surface area contributed by atoms with Crippen LogP contribution in [-0.4, -0.2) is 25.9 Å². The lowest BCUT2D eigenvalue weighted by Crippen LogP contribution is -2.33. The van der Waals surface area contributed by atoms with Crippen LogP contribution in [0.3, 0.4) is 0 Å². The molecule has 0 amide bonds. The third kappa shape index (κ3) is 2.01. The third-order valence-corrected chi connectivity index (χ3v) is 2.52. The van der Waals surface area contributed by atoms with Gasteiger partial charge in [0.1, 0.15) is 0 Å². The lowest BCUT2D eigenvalue weighted by molar-refractivity contribution is 0.231. The molecule has 1 nitrogen and oxygen atoms in total. The number of nitrogens with zero attached hydrogens (tertiary/aromatic N) is 1. The van der Waals surface area contributed by atoms with Gasteiger partial charge in [-0.1, -0.05) is 13.8 Å². The Morgan fingerprint density at radius 2 is 1.80 bits per heavy atom. The molecule has 0 spiro atoms. The van der Waals surface area contributed by atoms with E-state index in [0.717, 1.165) is 24.9 Å². The van der Waals surface area contributed by atoms with Crippen molar-refractivity contribution in [2.75, 3.05) is 13.1 Å². The molecule has 1 fully saturated rings. The van der Waals surface area contributed by atoms with Gasteiger partial charge in [0.05, 0.1) is 0 Å². The van der Waals surface area contributed by atoms with E-state index in [1.54, 1.807) is 0 Å². The van der Waals surface area contributed by atoms with Crippen molar-refractivity contribution in [1.29, 1.82) is 0 Å². The topological polar surface area (TPSA) is 3.24 Å². The van der Waals surface area contributed by atoms with Crippen LogP contribution in [0.1, 0.15) is 26.7 Å². The minimum atomic E-state index is 0.841. The molecule has 1 rings (SSSR count). The predicted octanol–water partition coefficient (Wildman–Crippen LogP) is 1.44. The Morgan fingerprint density at radius 1 is 1.30 bits per heavy atom. The lowest BCUT2D eigenvalue weighted by atomic mass is 9.86. The zero-order valence-corrected chi connectivity index (χ0v) is 7.01. The van der Waals surface area contributed by atoms with Gasteiger partial charge in [0, 0.05) is 0 Å². The second kappa shape index (κ2) is 3.43. The van der Waals surface area contributed by atoms with Gasteiger partial charge in [-0.15, -0.1) is 0 Å². The molecule has 10 heavy (non-hydrogen) atoms. The van der Waals surface area contributed by atoms with E-state index in [4.69, 9.17) is 7.98 Å². The van der Waals surface area contributed by atoms with E-state index in [1.165, 1.54) is 12.8 Å². The second-order valence-corrected chi connectivity index (χ2v) is 3.62. The Bertz CT molecular complexity index is 95.4. The molecule has 0 saturated carbocycles. The maximum Gasteiger partial charge on any atom is 0.182 e. The van der Waals surface area contributed by atoms with Gasteiger partial charge in [-0.25, -0.2) is 0 Å². The van der Waals surface area contributed by atoms with Crippen molar-refractivity contribution in [3.63, 3.8) is 0 Å². The molecule has 1 saturated heterocycles. The van der Waals surface area contributed by atoms with Crippen LogP contribution in [0.5, 0.6) is 0 Å². The molecule has 0 aromatic heterocycles. The minimum absolute atomic E-state index is 0.841. The van der Waals surface area contributed by atoms with E-state index < -0.39 is 0 Å². The highest BCUT2D eigenvalue weighted by Crippen LogP contribution is 2.22. The average Bonchev–Trinajstić information content (AvgIpc) is 1.88. The van der Waals surface area contributed by atoms with Crippen LogP contribution in [0.15, 0.2) is 0 Å². The molecular formula is C8H16BN. The van der Waals surface area contributed by atoms with Gasteiger partial charge in [0.25, 0.3) is 0 Å². The summed E-state index contributed by atoms with van der Waals surface area (Å²) in [5.41, 5.74) is 0. The summed E-state index contributed by atoms with van der Waals surface area (Å²) in [5, 5.41) is 0. The van der Waals surface area contributed by atoms with Crippen LogP contribution < -0.4 is 0 Å². The molecule has 0 aromatic carbocycles. The van der Waals surface area contributed by atoms with E-state index in [-0.39, 0.29) is 0 Å². The molecule has 2 radical (unpaired) electrons. The van der Waals surface area contributed by atoms with Gasteiger partial charge in [0.2, 0.25) is 0 Å². The van der Waals surface area contributed by atoms with Crippen molar-refractivity contribution >= 4 is 7.98 Å². The van der Waals surface area contributed by atoms with Gasteiger partial charge < -0.3 is 4.81 Å². The zero-order chi connectivity index (χ0) is 7.56. The molecule has 0 bridgehead atoms. The molecule has 0 aliphatic carbocycles. The smallest absolute Gasteiger partial charge is 0.182 e. The quantitative estimate of drug-likeness (QED) is 0.494. The lowest BCUT2D eigenvalue weighted by Gasteiger charge is -2.31. The first-order valence-electron chi connectivity index (χ1n) is 4.20. The molecule has 0 N–H and O–H groups in total. The molecule has 0 aromatic rings. The highest BCUT2D eigenvalue weighted by molar-refractivity contribution is 6.04. The van der Waals surface area contributed by atoms with Crippen molar-refractivity contribution in [1.82, 2.24) is 4.81 Å². The predicted molar refractivity (Wildman–Crippen MR) is 44.9 cm³/mol. The summed E-state index contributed by atoms with van der Waals surface area (Å²) in [6, 6.07) is 0. The summed E-state index contributed by atoms with van der Waals surface area (Å²) >= 11 is 0. The van der Waals surface area contributed by atoms with Crippen LogP contribution in [0, 0.1) is 11.8 Å². The molecule has 2 heteroatoms. The van der Waals surface area contributed by atoms with Gasteiger partial charge in [-0.2, -0.15) is 0 Å². The largest absolute Gasteiger partial charge is 0.353 e. The SMILES string of the molecule is [B]N1CCC(C(C)C)CC1. The Kier molecular flexibility index (Phi) is 2.78. The number of hydrogen-bond acceptors (Lipinski definition) is 1. The highest BCUT2D eigenvalue weighted by atomic mass is 15.0. The Hall–Kier alpha value is 0.0249. The fraction of sp³-hybridized carbons (Fsp3) is 1.00. The summed E-state index contributed by atoms with van der Waals surface area (Å²) in [6.07, 6.45) is 2.57. The van der Waals surface area contributed by atoms with Crippen molar-refractivity contribution in [3.8, 4) is 0 Å². The van der Waals surface area contributed by atoms with E-state index in [1.807, 2.05) is 4.81 Å². The van der Waals surface area contributed by atoms with Crippen LogP contribution in [0.25, 0.3) is 0 Å². The summed E-state index contributed by atoms with van der Waals surface area (Å²) in [7, 11) is 5.63. The summed E-state index contributed by atoms with van der Waals surface area (Å²) < 4.78 is 0. The average molecular weight is 137 g/mol. The second-order valence-electron chi connectivity index (χ2n) is 3.62. The molecule has 1 aliphatic rings. The van der Waals surface area contributed by atoms with Crippen LogP contribution in [0.2, 0.25) is 0 Å². The van der Waals surface area contributed by atoms with Crippen molar-refractivity contribution < 1.29 is 0 Å².